The van der Waals surface area contributed by atoms with Gasteiger partial charge >= 0.3 is 5.97 Å². The van der Waals surface area contributed by atoms with Crippen molar-refractivity contribution in [2.75, 3.05) is 5.75 Å². The van der Waals surface area contributed by atoms with E-state index in [4.69, 9.17) is 11.6 Å². The molecule has 114 valence electrons. The summed E-state index contributed by atoms with van der Waals surface area (Å²) in [5, 5.41) is 9.56. The molecule has 21 heavy (non-hydrogen) atoms. The van der Waals surface area contributed by atoms with E-state index in [1.165, 1.54) is 16.7 Å². The largest absolute Gasteiger partial charge is 0.480 e. The van der Waals surface area contributed by atoms with Crippen LogP contribution in [0.25, 0.3) is 0 Å². The van der Waals surface area contributed by atoms with Crippen molar-refractivity contribution >= 4 is 51.2 Å². The highest BCUT2D eigenvalue weighted by molar-refractivity contribution is 9.10. The van der Waals surface area contributed by atoms with E-state index in [9.17, 15) is 14.7 Å². The van der Waals surface area contributed by atoms with Crippen molar-refractivity contribution in [3.63, 3.8) is 0 Å². The van der Waals surface area contributed by atoms with Gasteiger partial charge in [0.1, 0.15) is 6.04 Å². The summed E-state index contributed by atoms with van der Waals surface area (Å²) < 4.78 is 0.737. The van der Waals surface area contributed by atoms with Gasteiger partial charge in [0.05, 0.1) is 16.0 Å². The highest BCUT2D eigenvalue weighted by Gasteiger charge is 2.41. The van der Waals surface area contributed by atoms with Crippen LogP contribution in [0.2, 0.25) is 5.02 Å². The van der Waals surface area contributed by atoms with Crippen molar-refractivity contribution in [1.82, 2.24) is 4.90 Å². The molecule has 1 fully saturated rings. The predicted molar refractivity (Wildman–Crippen MR) is 87.9 cm³/mol. The zero-order valence-corrected chi connectivity index (χ0v) is 14.5. The number of hydrogen-bond donors (Lipinski definition) is 1. The molecule has 4 nitrogen and oxygen atoms in total. The number of aliphatic carboxylic acids is 1. The van der Waals surface area contributed by atoms with Crippen LogP contribution in [0.5, 0.6) is 0 Å². The maximum Gasteiger partial charge on any atom is 0.327 e. The Morgan fingerprint density at radius 3 is 2.86 bits per heavy atom. The molecule has 1 heterocycles. The number of halogens is 2. The number of hydrogen-bond acceptors (Lipinski definition) is 3. The molecule has 1 amide bonds. The Morgan fingerprint density at radius 2 is 2.24 bits per heavy atom. The molecule has 7 heteroatoms. The lowest BCUT2D eigenvalue weighted by atomic mass is 10.1. The van der Waals surface area contributed by atoms with Crippen molar-refractivity contribution in [3.05, 3.63) is 33.3 Å². The Labute approximate surface area is 141 Å². The molecule has 1 aliphatic heterocycles. The van der Waals surface area contributed by atoms with Gasteiger partial charge in [0, 0.05) is 10.2 Å². The number of thioether (sulfide) groups is 1. The Hall–Kier alpha value is -0.720. The monoisotopic (exact) mass is 391 g/mol. The molecule has 1 aromatic rings. The Morgan fingerprint density at radius 1 is 1.52 bits per heavy atom. The number of nitrogens with zero attached hydrogens (tertiary/aromatic N) is 1. The lowest BCUT2D eigenvalue weighted by Gasteiger charge is -2.27. The Balaban J connectivity index is 2.36. The van der Waals surface area contributed by atoms with E-state index in [1.54, 1.807) is 18.2 Å². The number of carbonyl (C=O) groups excluding carboxylic acids is 1. The van der Waals surface area contributed by atoms with E-state index in [1.807, 2.05) is 6.92 Å². The fourth-order valence-corrected chi connectivity index (χ4v) is 4.37. The normalized spacial score (nSPS) is 21.6. The molecule has 0 radical (unpaired) electrons. The van der Waals surface area contributed by atoms with Crippen molar-refractivity contribution in [2.45, 2.75) is 31.2 Å². The van der Waals surface area contributed by atoms with Gasteiger partial charge in [-0.25, -0.2) is 4.79 Å². The number of carbonyl (C=O) groups is 2. The van der Waals surface area contributed by atoms with Gasteiger partial charge in [-0.3, -0.25) is 4.79 Å². The smallest absolute Gasteiger partial charge is 0.327 e. The van der Waals surface area contributed by atoms with E-state index in [0.29, 0.717) is 16.3 Å². The molecular formula is C14H15BrClNO3S. The van der Waals surface area contributed by atoms with Crippen LogP contribution in [-0.2, 0) is 4.79 Å². The highest BCUT2D eigenvalue weighted by atomic mass is 79.9. The Kier molecular flexibility index (Phi) is 5.57. The molecule has 2 atom stereocenters. The number of carboxylic acid groups (broad SMARTS) is 1. The van der Waals surface area contributed by atoms with Crippen LogP contribution in [0.4, 0.5) is 0 Å². The first kappa shape index (κ1) is 16.6. The fourth-order valence-electron chi connectivity index (χ4n) is 2.30. The second kappa shape index (κ2) is 7.03. The minimum absolute atomic E-state index is 0.112. The maximum absolute atomic E-state index is 12.8. The quantitative estimate of drug-likeness (QED) is 0.845. The van der Waals surface area contributed by atoms with E-state index >= 15 is 0 Å². The molecule has 2 rings (SSSR count). The van der Waals surface area contributed by atoms with Crippen LogP contribution >= 0.6 is 39.3 Å². The molecule has 2 unspecified atom stereocenters. The summed E-state index contributed by atoms with van der Waals surface area (Å²) in [6, 6.07) is 4.22. The minimum atomic E-state index is -0.972. The third-order valence-corrected chi connectivity index (χ3v) is 5.49. The van der Waals surface area contributed by atoms with Crippen molar-refractivity contribution in [1.29, 1.82) is 0 Å². The van der Waals surface area contributed by atoms with Crippen LogP contribution in [0, 0.1) is 0 Å². The van der Waals surface area contributed by atoms with Crippen molar-refractivity contribution in [3.8, 4) is 0 Å². The topological polar surface area (TPSA) is 57.6 Å². The number of carboxylic acids is 1. The molecule has 0 saturated carbocycles. The first-order valence-corrected chi connectivity index (χ1v) is 8.79. The second-order valence-corrected chi connectivity index (χ2v) is 7.30. The second-order valence-electron chi connectivity index (χ2n) is 4.77. The van der Waals surface area contributed by atoms with Crippen LogP contribution < -0.4 is 0 Å². The van der Waals surface area contributed by atoms with Crippen LogP contribution in [-0.4, -0.2) is 39.1 Å². The SMILES string of the molecule is CCCC1SCC(C(=O)O)N1C(=O)c1cc(Br)ccc1Cl. The molecule has 1 saturated heterocycles. The standard InChI is InChI=1S/C14H15BrClNO3S/c1-2-3-12-17(11(7-21-12)14(19)20)13(18)9-6-8(15)4-5-10(9)16/h4-6,11-12H,2-3,7H2,1H3,(H,19,20). The van der Waals surface area contributed by atoms with Crippen molar-refractivity contribution in [2.24, 2.45) is 0 Å². The molecule has 0 aliphatic carbocycles. The van der Waals surface area contributed by atoms with Crippen LogP contribution in [0.1, 0.15) is 30.1 Å². The number of amides is 1. The number of rotatable bonds is 4. The summed E-state index contributed by atoms with van der Waals surface area (Å²) in [6.45, 7) is 2.02. The predicted octanol–water partition coefficient (Wildman–Crippen LogP) is 3.87. The van der Waals surface area contributed by atoms with Crippen LogP contribution in [0.15, 0.2) is 22.7 Å². The summed E-state index contributed by atoms with van der Waals surface area (Å²) in [5.41, 5.74) is 0.334. The van der Waals surface area contributed by atoms with E-state index in [0.717, 1.165) is 17.3 Å². The third-order valence-electron chi connectivity index (χ3n) is 3.31. The summed E-state index contributed by atoms with van der Waals surface area (Å²) >= 11 is 10.9. The first-order chi connectivity index (χ1) is 9.95. The molecular weight excluding hydrogens is 378 g/mol. The zero-order valence-electron chi connectivity index (χ0n) is 11.4. The molecule has 0 aromatic heterocycles. The molecule has 1 aliphatic rings. The van der Waals surface area contributed by atoms with Gasteiger partial charge in [-0.2, -0.15) is 0 Å². The summed E-state index contributed by atoms with van der Waals surface area (Å²) in [5.74, 6) is -0.880. The first-order valence-electron chi connectivity index (χ1n) is 6.57. The molecule has 0 bridgehead atoms. The third kappa shape index (κ3) is 3.55. The maximum atomic E-state index is 12.8. The summed E-state index contributed by atoms with van der Waals surface area (Å²) in [7, 11) is 0. The lowest BCUT2D eigenvalue weighted by molar-refractivity contribution is -0.141. The van der Waals surface area contributed by atoms with E-state index in [2.05, 4.69) is 15.9 Å². The zero-order chi connectivity index (χ0) is 15.6. The van der Waals surface area contributed by atoms with Gasteiger partial charge in [0.2, 0.25) is 0 Å². The number of benzene rings is 1. The molecule has 1 aromatic carbocycles. The van der Waals surface area contributed by atoms with Gasteiger partial charge < -0.3 is 10.0 Å². The van der Waals surface area contributed by atoms with Gasteiger partial charge in [0.25, 0.3) is 5.91 Å². The minimum Gasteiger partial charge on any atom is -0.480 e. The lowest BCUT2D eigenvalue weighted by Crippen LogP contribution is -2.45. The van der Waals surface area contributed by atoms with Gasteiger partial charge in [-0.15, -0.1) is 11.8 Å². The summed E-state index contributed by atoms with van der Waals surface area (Å²) in [4.78, 5) is 25.6. The van der Waals surface area contributed by atoms with Gasteiger partial charge in [-0.05, 0) is 24.6 Å². The average molecular weight is 393 g/mol. The Bertz CT molecular complexity index is 569. The van der Waals surface area contributed by atoms with Crippen LogP contribution in [0.3, 0.4) is 0 Å². The van der Waals surface area contributed by atoms with Crippen molar-refractivity contribution < 1.29 is 14.7 Å². The van der Waals surface area contributed by atoms with Gasteiger partial charge in [0.15, 0.2) is 0 Å². The summed E-state index contributed by atoms with van der Waals surface area (Å²) in [6.07, 6.45) is 1.66. The van der Waals surface area contributed by atoms with E-state index < -0.39 is 12.0 Å². The molecule has 0 spiro atoms. The van der Waals surface area contributed by atoms with Gasteiger partial charge in [-0.1, -0.05) is 40.9 Å². The van der Waals surface area contributed by atoms with E-state index in [-0.39, 0.29) is 11.3 Å². The fraction of sp³-hybridized carbons (Fsp3) is 0.429. The molecule has 1 N–H and O–H groups in total. The highest BCUT2D eigenvalue weighted by Crippen LogP contribution is 2.35. The average Bonchev–Trinajstić information content (AvgIpc) is 2.85.